The molecule has 0 heterocycles. The Morgan fingerprint density at radius 2 is 1.71 bits per heavy atom. The van der Waals surface area contributed by atoms with Gasteiger partial charge in [0, 0.05) is 5.41 Å². The van der Waals surface area contributed by atoms with Crippen LogP contribution in [0.3, 0.4) is 0 Å². The second-order valence-corrected chi connectivity index (χ2v) is 3.94. The van der Waals surface area contributed by atoms with Crippen molar-refractivity contribution < 1.29 is 22.7 Å². The number of hydrogen-bond acceptors (Lipinski definition) is 1. The van der Waals surface area contributed by atoms with E-state index in [0.717, 1.165) is 18.2 Å². The van der Waals surface area contributed by atoms with Gasteiger partial charge in [0.1, 0.15) is 5.82 Å². The van der Waals surface area contributed by atoms with E-state index in [9.17, 15) is 22.7 Å². The SMILES string of the molecule is C=C[C@](C)(c1ccc(F)cc1)[C@H](O)C(F)(F)F. The van der Waals surface area contributed by atoms with E-state index in [-0.39, 0.29) is 5.56 Å². The third-order valence-electron chi connectivity index (χ3n) is 2.77. The molecular formula is C12H12F4O. The van der Waals surface area contributed by atoms with Crippen molar-refractivity contribution in [2.45, 2.75) is 24.6 Å². The van der Waals surface area contributed by atoms with Crippen molar-refractivity contribution in [3.8, 4) is 0 Å². The zero-order valence-corrected chi connectivity index (χ0v) is 9.13. The van der Waals surface area contributed by atoms with E-state index in [0.29, 0.717) is 0 Å². The lowest BCUT2D eigenvalue weighted by Crippen LogP contribution is -2.45. The van der Waals surface area contributed by atoms with Crippen molar-refractivity contribution >= 4 is 0 Å². The lowest BCUT2D eigenvalue weighted by Gasteiger charge is -2.33. The van der Waals surface area contributed by atoms with Gasteiger partial charge in [-0.15, -0.1) is 6.58 Å². The third kappa shape index (κ3) is 2.66. The van der Waals surface area contributed by atoms with E-state index in [1.807, 2.05) is 0 Å². The van der Waals surface area contributed by atoms with Gasteiger partial charge in [-0.1, -0.05) is 18.2 Å². The topological polar surface area (TPSA) is 20.2 Å². The van der Waals surface area contributed by atoms with E-state index < -0.39 is 23.5 Å². The molecule has 0 unspecified atom stereocenters. The summed E-state index contributed by atoms with van der Waals surface area (Å²) in [5.74, 6) is -0.554. The highest BCUT2D eigenvalue weighted by Crippen LogP contribution is 2.37. The first kappa shape index (κ1) is 13.7. The molecule has 2 atom stereocenters. The molecule has 94 valence electrons. The summed E-state index contributed by atoms with van der Waals surface area (Å²) < 4.78 is 50.3. The van der Waals surface area contributed by atoms with Crippen molar-refractivity contribution in [3.63, 3.8) is 0 Å². The molecule has 5 heteroatoms. The average molecular weight is 248 g/mol. The number of alkyl halides is 3. The number of aliphatic hydroxyl groups is 1. The maximum absolute atomic E-state index is 12.7. The summed E-state index contributed by atoms with van der Waals surface area (Å²) in [6, 6.07) is 4.48. The van der Waals surface area contributed by atoms with Gasteiger partial charge in [-0.05, 0) is 24.6 Å². The van der Waals surface area contributed by atoms with Crippen LogP contribution in [0.2, 0.25) is 0 Å². The van der Waals surface area contributed by atoms with E-state index in [2.05, 4.69) is 6.58 Å². The molecule has 0 saturated carbocycles. The Bertz CT molecular complexity index is 396. The van der Waals surface area contributed by atoms with Crippen LogP contribution in [0.4, 0.5) is 17.6 Å². The molecule has 0 aliphatic carbocycles. The molecular weight excluding hydrogens is 236 g/mol. The zero-order valence-electron chi connectivity index (χ0n) is 9.13. The van der Waals surface area contributed by atoms with Gasteiger partial charge in [-0.25, -0.2) is 4.39 Å². The second-order valence-electron chi connectivity index (χ2n) is 3.94. The van der Waals surface area contributed by atoms with Crippen molar-refractivity contribution in [1.82, 2.24) is 0 Å². The average Bonchev–Trinajstić information content (AvgIpc) is 2.26. The molecule has 1 aromatic carbocycles. The summed E-state index contributed by atoms with van der Waals surface area (Å²) >= 11 is 0. The molecule has 0 aromatic heterocycles. The Labute approximate surface area is 96.4 Å². The van der Waals surface area contributed by atoms with Gasteiger partial charge < -0.3 is 5.11 Å². The van der Waals surface area contributed by atoms with Gasteiger partial charge in [-0.2, -0.15) is 13.2 Å². The molecule has 0 radical (unpaired) electrons. The smallest absolute Gasteiger partial charge is 0.382 e. The van der Waals surface area contributed by atoms with Crippen molar-refractivity contribution in [3.05, 3.63) is 48.3 Å². The van der Waals surface area contributed by atoms with Crippen LogP contribution in [0.1, 0.15) is 12.5 Å². The molecule has 0 aliphatic heterocycles. The minimum Gasteiger partial charge on any atom is -0.382 e. The summed E-state index contributed by atoms with van der Waals surface area (Å²) in [7, 11) is 0. The van der Waals surface area contributed by atoms with Gasteiger partial charge in [0.25, 0.3) is 0 Å². The summed E-state index contributed by atoms with van der Waals surface area (Å²) in [5, 5.41) is 9.34. The standard InChI is InChI=1S/C12H12F4O/c1-3-11(2,10(17)12(14,15)16)8-4-6-9(13)7-5-8/h3-7,10,17H,1H2,2H3/t10-,11+/m0/s1. The molecule has 1 N–H and O–H groups in total. The van der Waals surface area contributed by atoms with Crippen LogP contribution in [0.25, 0.3) is 0 Å². The number of benzene rings is 1. The summed E-state index contributed by atoms with van der Waals surface area (Å²) in [5.41, 5.74) is -1.55. The zero-order chi connectivity index (χ0) is 13.3. The maximum Gasteiger partial charge on any atom is 0.415 e. The summed E-state index contributed by atoms with van der Waals surface area (Å²) in [6.45, 7) is 4.51. The summed E-state index contributed by atoms with van der Waals surface area (Å²) in [6.07, 6.45) is -6.34. The first-order valence-corrected chi connectivity index (χ1v) is 4.86. The van der Waals surface area contributed by atoms with Crippen LogP contribution >= 0.6 is 0 Å². The highest BCUT2D eigenvalue weighted by Gasteiger charge is 2.49. The minimum atomic E-state index is -4.77. The maximum atomic E-state index is 12.7. The van der Waals surface area contributed by atoms with Crippen molar-refractivity contribution in [2.75, 3.05) is 0 Å². The molecule has 0 amide bonds. The van der Waals surface area contributed by atoms with Crippen LogP contribution in [0.15, 0.2) is 36.9 Å². The second kappa shape index (κ2) is 4.49. The normalized spacial score (nSPS) is 17.3. The largest absolute Gasteiger partial charge is 0.415 e. The van der Waals surface area contributed by atoms with Crippen molar-refractivity contribution in [2.24, 2.45) is 0 Å². The predicted molar refractivity (Wildman–Crippen MR) is 56.0 cm³/mol. The minimum absolute atomic E-state index is 0.152. The molecule has 0 bridgehead atoms. The fourth-order valence-corrected chi connectivity index (χ4v) is 1.54. The number of aliphatic hydroxyl groups excluding tert-OH is 1. The first-order valence-electron chi connectivity index (χ1n) is 4.86. The first-order chi connectivity index (χ1) is 7.71. The fourth-order valence-electron chi connectivity index (χ4n) is 1.54. The Kier molecular flexibility index (Phi) is 3.62. The van der Waals surface area contributed by atoms with Crippen LogP contribution < -0.4 is 0 Å². The van der Waals surface area contributed by atoms with Crippen LogP contribution in [0.5, 0.6) is 0 Å². The Morgan fingerprint density at radius 1 is 1.24 bits per heavy atom. The Hall–Kier alpha value is -1.36. The van der Waals surface area contributed by atoms with E-state index in [4.69, 9.17) is 0 Å². The molecule has 0 aliphatic rings. The van der Waals surface area contributed by atoms with Gasteiger partial charge in [0.05, 0.1) is 0 Å². The molecule has 17 heavy (non-hydrogen) atoms. The van der Waals surface area contributed by atoms with Gasteiger partial charge in [0.2, 0.25) is 0 Å². The predicted octanol–water partition coefficient (Wildman–Crippen LogP) is 3.19. The van der Waals surface area contributed by atoms with Gasteiger partial charge in [0.15, 0.2) is 6.10 Å². The van der Waals surface area contributed by atoms with Crippen LogP contribution in [-0.2, 0) is 5.41 Å². The fraction of sp³-hybridized carbons (Fsp3) is 0.333. The lowest BCUT2D eigenvalue weighted by molar-refractivity contribution is -0.218. The molecule has 0 spiro atoms. The Balaban J connectivity index is 3.20. The van der Waals surface area contributed by atoms with E-state index >= 15 is 0 Å². The monoisotopic (exact) mass is 248 g/mol. The molecule has 1 rings (SSSR count). The highest BCUT2D eigenvalue weighted by atomic mass is 19.4. The van der Waals surface area contributed by atoms with Gasteiger partial charge in [-0.3, -0.25) is 0 Å². The third-order valence-corrected chi connectivity index (χ3v) is 2.77. The van der Waals surface area contributed by atoms with E-state index in [1.54, 1.807) is 0 Å². The van der Waals surface area contributed by atoms with Crippen LogP contribution in [-0.4, -0.2) is 17.4 Å². The highest BCUT2D eigenvalue weighted by molar-refractivity contribution is 5.32. The van der Waals surface area contributed by atoms with Gasteiger partial charge >= 0.3 is 6.18 Å². The Morgan fingerprint density at radius 3 is 2.06 bits per heavy atom. The number of halogens is 4. The molecule has 1 nitrogen and oxygen atoms in total. The molecule has 0 fully saturated rings. The van der Waals surface area contributed by atoms with Crippen molar-refractivity contribution in [1.29, 1.82) is 0 Å². The number of rotatable bonds is 3. The quantitative estimate of drug-likeness (QED) is 0.643. The molecule has 0 saturated heterocycles. The lowest BCUT2D eigenvalue weighted by atomic mass is 9.77. The van der Waals surface area contributed by atoms with Crippen LogP contribution in [0, 0.1) is 5.82 Å². The molecule has 1 aromatic rings. The summed E-state index contributed by atoms with van der Waals surface area (Å²) in [4.78, 5) is 0. The number of hydrogen-bond donors (Lipinski definition) is 1. The van der Waals surface area contributed by atoms with E-state index in [1.165, 1.54) is 19.1 Å².